The molecule has 0 amide bonds. The molecule has 0 bridgehead atoms. The number of H-pyrrole nitrogens is 1. The van der Waals surface area contributed by atoms with Crippen LogP contribution >= 0.6 is 0 Å². The summed E-state index contributed by atoms with van der Waals surface area (Å²) in [4.78, 5) is 18.5. The lowest BCUT2D eigenvalue weighted by Crippen LogP contribution is -2.35. The van der Waals surface area contributed by atoms with Gasteiger partial charge in [-0.25, -0.2) is 9.07 Å². The van der Waals surface area contributed by atoms with Gasteiger partial charge < -0.3 is 4.98 Å². The Bertz CT molecular complexity index is 1390. The van der Waals surface area contributed by atoms with Gasteiger partial charge in [0, 0.05) is 18.7 Å². The molecule has 1 atom stereocenters. The van der Waals surface area contributed by atoms with Gasteiger partial charge in [-0.1, -0.05) is 57.0 Å². The molecule has 0 spiro atoms. The van der Waals surface area contributed by atoms with Crippen LogP contribution in [0.2, 0.25) is 0 Å². The van der Waals surface area contributed by atoms with Crippen LogP contribution in [0.3, 0.4) is 0 Å². The van der Waals surface area contributed by atoms with Crippen molar-refractivity contribution in [1.29, 1.82) is 0 Å². The Morgan fingerprint density at radius 2 is 1.86 bits per heavy atom. The van der Waals surface area contributed by atoms with E-state index in [1.165, 1.54) is 25.0 Å². The van der Waals surface area contributed by atoms with Crippen molar-refractivity contribution < 1.29 is 4.39 Å². The average Bonchev–Trinajstić information content (AvgIpc) is 3.54. The Labute approximate surface area is 210 Å². The van der Waals surface area contributed by atoms with Crippen LogP contribution in [-0.2, 0) is 13.1 Å². The lowest BCUT2D eigenvalue weighted by molar-refractivity contribution is 0.123. The second kappa shape index (κ2) is 10.3. The number of aromatic nitrogens is 5. The van der Waals surface area contributed by atoms with E-state index in [0.29, 0.717) is 24.7 Å². The second-order valence-electron chi connectivity index (χ2n) is 10.3. The number of halogens is 1. The molecule has 1 fully saturated rings. The zero-order chi connectivity index (χ0) is 25.2. The molecule has 0 radical (unpaired) electrons. The molecule has 8 heteroatoms. The van der Waals surface area contributed by atoms with E-state index >= 15 is 0 Å². The summed E-state index contributed by atoms with van der Waals surface area (Å²) in [6.45, 7) is 7.26. The van der Waals surface area contributed by atoms with Gasteiger partial charge in [0.05, 0.1) is 17.6 Å². The molecule has 7 nitrogen and oxygen atoms in total. The summed E-state index contributed by atoms with van der Waals surface area (Å²) in [5.74, 6) is 0.739. The monoisotopic (exact) mass is 488 g/mol. The van der Waals surface area contributed by atoms with Crippen molar-refractivity contribution in [2.24, 2.45) is 5.92 Å². The van der Waals surface area contributed by atoms with Crippen LogP contribution in [0.5, 0.6) is 0 Å². The molecule has 4 aromatic rings. The van der Waals surface area contributed by atoms with Crippen molar-refractivity contribution in [2.45, 2.75) is 71.6 Å². The van der Waals surface area contributed by atoms with E-state index in [4.69, 9.17) is 0 Å². The average molecular weight is 489 g/mol. The first-order chi connectivity index (χ1) is 17.4. The summed E-state index contributed by atoms with van der Waals surface area (Å²) in [5.41, 5.74) is 3.45. The summed E-state index contributed by atoms with van der Waals surface area (Å²) in [7, 11) is 0. The maximum Gasteiger partial charge on any atom is 0.252 e. The number of aromatic amines is 1. The SMILES string of the molecule is Cc1cccc2cc(CN(Cc3ccc(F)cc3)[C@@H](c3nnnn3C3CCCC3)C(C)C)c(=O)[nH]c12. The summed E-state index contributed by atoms with van der Waals surface area (Å²) in [5, 5.41) is 14.0. The highest BCUT2D eigenvalue weighted by Gasteiger charge is 2.32. The van der Waals surface area contributed by atoms with Crippen molar-refractivity contribution in [3.8, 4) is 0 Å². The van der Waals surface area contributed by atoms with Crippen LogP contribution in [0, 0.1) is 18.7 Å². The number of hydrogen-bond acceptors (Lipinski definition) is 5. The van der Waals surface area contributed by atoms with Gasteiger partial charge in [0.15, 0.2) is 5.82 Å². The molecule has 1 N–H and O–H groups in total. The molecule has 0 saturated heterocycles. The second-order valence-corrected chi connectivity index (χ2v) is 10.3. The lowest BCUT2D eigenvalue weighted by atomic mass is 9.99. The van der Waals surface area contributed by atoms with Crippen LogP contribution < -0.4 is 5.56 Å². The Kier molecular flexibility index (Phi) is 6.96. The first kappa shape index (κ1) is 24.3. The number of nitrogens with one attached hydrogen (secondary N) is 1. The van der Waals surface area contributed by atoms with Gasteiger partial charge in [-0.15, -0.1) is 5.10 Å². The van der Waals surface area contributed by atoms with E-state index in [0.717, 1.165) is 40.7 Å². The molecule has 1 aliphatic carbocycles. The number of tetrazole rings is 1. The third kappa shape index (κ3) is 4.95. The van der Waals surface area contributed by atoms with Crippen molar-refractivity contribution in [1.82, 2.24) is 30.1 Å². The van der Waals surface area contributed by atoms with Gasteiger partial charge in [-0.05, 0) is 70.8 Å². The number of aryl methyl sites for hydroxylation is 1. The smallest absolute Gasteiger partial charge is 0.252 e. The highest BCUT2D eigenvalue weighted by atomic mass is 19.1. The molecule has 2 heterocycles. The number of hydrogen-bond donors (Lipinski definition) is 1. The normalized spacial score (nSPS) is 15.4. The van der Waals surface area contributed by atoms with Crippen molar-refractivity contribution in [2.75, 3.05) is 0 Å². The summed E-state index contributed by atoms with van der Waals surface area (Å²) in [6.07, 6.45) is 4.51. The molecule has 2 aromatic heterocycles. The van der Waals surface area contributed by atoms with Gasteiger partial charge in [-0.2, -0.15) is 0 Å². The molecular formula is C28H33FN6O. The summed E-state index contributed by atoms with van der Waals surface area (Å²) < 4.78 is 15.7. The third-order valence-electron chi connectivity index (χ3n) is 7.32. The number of benzene rings is 2. The first-order valence-electron chi connectivity index (χ1n) is 12.8. The topological polar surface area (TPSA) is 79.7 Å². The standard InChI is InChI=1S/C28H33FN6O/c1-18(2)26(27-31-32-33-35(27)24-9-4-5-10-24)34(16-20-11-13-23(29)14-12-20)17-22-15-21-8-6-7-19(3)25(21)30-28(22)36/h6-8,11-15,18,24,26H,4-5,9-10,16-17H2,1-3H3,(H,30,36)/t26-/m1/s1. The molecule has 0 aliphatic heterocycles. The van der Waals surface area contributed by atoms with Crippen LogP contribution in [0.4, 0.5) is 4.39 Å². The van der Waals surface area contributed by atoms with E-state index in [9.17, 15) is 9.18 Å². The van der Waals surface area contributed by atoms with Gasteiger partial charge in [0.25, 0.3) is 5.56 Å². The molecule has 188 valence electrons. The fourth-order valence-electron chi connectivity index (χ4n) is 5.53. The molecule has 1 aliphatic rings. The van der Waals surface area contributed by atoms with Crippen LogP contribution in [0.1, 0.15) is 74.1 Å². The van der Waals surface area contributed by atoms with Gasteiger partial charge in [0.1, 0.15) is 5.82 Å². The van der Waals surface area contributed by atoms with Gasteiger partial charge in [-0.3, -0.25) is 9.69 Å². The summed E-state index contributed by atoms with van der Waals surface area (Å²) >= 11 is 0. The Hall–Kier alpha value is -3.39. The molecular weight excluding hydrogens is 455 g/mol. The van der Waals surface area contributed by atoms with E-state index in [2.05, 4.69) is 39.3 Å². The van der Waals surface area contributed by atoms with E-state index in [1.54, 1.807) is 12.1 Å². The maximum absolute atomic E-state index is 13.7. The third-order valence-corrected chi connectivity index (χ3v) is 7.32. The zero-order valence-electron chi connectivity index (χ0n) is 21.1. The maximum atomic E-state index is 13.7. The molecule has 2 aromatic carbocycles. The predicted octanol–water partition coefficient (Wildman–Crippen LogP) is 5.48. The molecule has 0 unspecified atom stereocenters. The van der Waals surface area contributed by atoms with Crippen LogP contribution in [0.25, 0.3) is 10.9 Å². The zero-order valence-corrected chi connectivity index (χ0v) is 21.1. The number of fused-ring (bicyclic) bond motifs is 1. The fourth-order valence-corrected chi connectivity index (χ4v) is 5.53. The number of rotatable bonds is 8. The number of pyridine rings is 1. The minimum atomic E-state index is -0.266. The largest absolute Gasteiger partial charge is 0.321 e. The minimum Gasteiger partial charge on any atom is -0.321 e. The highest BCUT2D eigenvalue weighted by Crippen LogP contribution is 2.35. The van der Waals surface area contributed by atoms with Gasteiger partial charge >= 0.3 is 0 Å². The number of nitrogens with zero attached hydrogens (tertiary/aromatic N) is 5. The van der Waals surface area contributed by atoms with Crippen LogP contribution in [0.15, 0.2) is 53.3 Å². The Morgan fingerprint density at radius 1 is 1.11 bits per heavy atom. The highest BCUT2D eigenvalue weighted by molar-refractivity contribution is 5.81. The lowest BCUT2D eigenvalue weighted by Gasteiger charge is -2.34. The van der Waals surface area contributed by atoms with Crippen LogP contribution in [-0.4, -0.2) is 30.1 Å². The fraction of sp³-hybridized carbons (Fsp3) is 0.429. The molecule has 1 saturated carbocycles. The van der Waals surface area contributed by atoms with Crippen molar-refractivity contribution in [3.05, 3.63) is 87.2 Å². The predicted molar refractivity (Wildman–Crippen MR) is 138 cm³/mol. The summed E-state index contributed by atoms with van der Waals surface area (Å²) in [6, 6.07) is 14.7. The van der Waals surface area contributed by atoms with E-state index in [-0.39, 0.29) is 23.3 Å². The Morgan fingerprint density at radius 3 is 2.58 bits per heavy atom. The first-order valence-corrected chi connectivity index (χ1v) is 12.8. The van der Waals surface area contributed by atoms with Crippen molar-refractivity contribution >= 4 is 10.9 Å². The Balaban J connectivity index is 1.57. The quantitative estimate of drug-likeness (QED) is 0.355. The molecule has 36 heavy (non-hydrogen) atoms. The van der Waals surface area contributed by atoms with E-state index in [1.807, 2.05) is 35.9 Å². The number of para-hydroxylation sites is 1. The van der Waals surface area contributed by atoms with E-state index < -0.39 is 0 Å². The minimum absolute atomic E-state index is 0.0983. The van der Waals surface area contributed by atoms with Crippen molar-refractivity contribution in [3.63, 3.8) is 0 Å². The van der Waals surface area contributed by atoms with Gasteiger partial charge in [0.2, 0.25) is 0 Å². The molecule has 5 rings (SSSR count).